The van der Waals surface area contributed by atoms with Crippen LogP contribution in [-0.4, -0.2) is 67.9 Å². The normalized spacial score (nSPS) is 17.4. The quantitative estimate of drug-likeness (QED) is 0.179. The maximum absolute atomic E-state index is 14.7. The van der Waals surface area contributed by atoms with Crippen LogP contribution in [0, 0.1) is 0 Å². The number of carbonyl (C=O) groups is 4. The summed E-state index contributed by atoms with van der Waals surface area (Å²) in [5.41, 5.74) is 7.80. The third kappa shape index (κ3) is 8.77. The number of hydrogen-bond acceptors (Lipinski definition) is 7. The maximum Gasteiger partial charge on any atom is 0.337 e. The van der Waals surface area contributed by atoms with Gasteiger partial charge in [0.25, 0.3) is 0 Å². The lowest BCUT2D eigenvalue weighted by molar-refractivity contribution is -0.145. The van der Waals surface area contributed by atoms with Crippen molar-refractivity contribution in [2.24, 2.45) is 0 Å². The Labute approximate surface area is 311 Å². The predicted molar refractivity (Wildman–Crippen MR) is 205 cm³/mol. The average Bonchev–Trinajstić information content (AvgIpc) is 3.19. The Balaban J connectivity index is 1.22. The van der Waals surface area contributed by atoms with Gasteiger partial charge < -0.3 is 30.5 Å². The van der Waals surface area contributed by atoms with Gasteiger partial charge in [0.2, 0.25) is 17.7 Å². The fourth-order valence-corrected chi connectivity index (χ4v) is 7.34. The summed E-state index contributed by atoms with van der Waals surface area (Å²) in [6.07, 6.45) is 3.45. The second-order valence-electron chi connectivity index (χ2n) is 14.1. The first-order chi connectivity index (χ1) is 25.6. The minimum absolute atomic E-state index is 0.121. The molecule has 1 aliphatic carbocycles. The Hall–Kier alpha value is -5.48. The van der Waals surface area contributed by atoms with Crippen LogP contribution in [0.2, 0.25) is 0 Å². The smallest absolute Gasteiger partial charge is 0.337 e. The lowest BCUT2D eigenvalue weighted by Crippen LogP contribution is -2.59. The number of anilines is 1. The molecule has 0 aromatic heterocycles. The lowest BCUT2D eigenvalue weighted by Gasteiger charge is -2.39. The second-order valence-corrected chi connectivity index (χ2v) is 14.1. The zero-order chi connectivity index (χ0) is 37.5. The molecule has 10 heteroatoms. The molecule has 0 bridgehead atoms. The molecule has 53 heavy (non-hydrogen) atoms. The first-order valence-corrected chi connectivity index (χ1v) is 18.4. The van der Waals surface area contributed by atoms with Crippen molar-refractivity contribution in [1.29, 1.82) is 0 Å². The highest BCUT2D eigenvalue weighted by atomic mass is 16.5. The van der Waals surface area contributed by atoms with Crippen molar-refractivity contribution in [1.82, 2.24) is 20.9 Å². The number of nitrogens with one attached hydrogen (secondary N) is 3. The number of methoxy groups -OCH3 is 1. The zero-order valence-electron chi connectivity index (χ0n) is 30.9. The summed E-state index contributed by atoms with van der Waals surface area (Å²) in [5, 5.41) is 9.28. The summed E-state index contributed by atoms with van der Waals surface area (Å²) in [6, 6.07) is 29.2. The van der Waals surface area contributed by atoms with Crippen LogP contribution >= 0.6 is 0 Å². The molecule has 6 rings (SSSR count). The van der Waals surface area contributed by atoms with Gasteiger partial charge in [0.05, 0.1) is 24.8 Å². The molecule has 0 saturated carbocycles. The van der Waals surface area contributed by atoms with Gasteiger partial charge in [-0.25, -0.2) is 4.79 Å². The van der Waals surface area contributed by atoms with Crippen LogP contribution in [0.4, 0.5) is 5.69 Å². The number of esters is 1. The van der Waals surface area contributed by atoms with E-state index in [9.17, 15) is 19.2 Å². The Bertz CT molecular complexity index is 1930. The molecule has 1 aliphatic heterocycles. The van der Waals surface area contributed by atoms with E-state index in [1.807, 2.05) is 79.8 Å². The molecule has 1 heterocycles. The molecule has 3 amide bonds. The Kier molecular flexibility index (Phi) is 11.9. The molecule has 4 aromatic carbocycles. The first kappa shape index (κ1) is 37.3. The Morgan fingerprint density at radius 2 is 1.53 bits per heavy atom. The van der Waals surface area contributed by atoms with E-state index < -0.39 is 18.1 Å². The molecule has 0 spiro atoms. The molecular weight excluding hydrogens is 667 g/mol. The summed E-state index contributed by atoms with van der Waals surface area (Å²) in [6.45, 7) is 2.64. The van der Waals surface area contributed by atoms with E-state index >= 15 is 0 Å². The molecule has 0 radical (unpaired) electrons. The molecule has 4 atom stereocenters. The SMILES string of the molecule is CN[C@@H](C)C(=O)N[C@@H](Cc1ccc(N(C)Cc2ccc(C(=O)OC)cc2)cc1)C(=O)N1Cc2ccccc2C[C@H]1C(=O)N[C@@H]1CCCc2ccccc21. The van der Waals surface area contributed by atoms with Crippen molar-refractivity contribution in [3.05, 3.63) is 136 Å². The Morgan fingerprint density at radius 3 is 2.23 bits per heavy atom. The number of ether oxygens (including phenoxy) is 1. The predicted octanol–water partition coefficient (Wildman–Crippen LogP) is 4.89. The molecule has 0 unspecified atom stereocenters. The van der Waals surface area contributed by atoms with Gasteiger partial charge in [0, 0.05) is 38.7 Å². The third-order valence-corrected chi connectivity index (χ3v) is 10.6. The van der Waals surface area contributed by atoms with E-state index in [2.05, 4.69) is 33.0 Å². The fourth-order valence-electron chi connectivity index (χ4n) is 7.34. The fraction of sp³-hybridized carbons (Fsp3) is 0.349. The summed E-state index contributed by atoms with van der Waals surface area (Å²) < 4.78 is 4.80. The van der Waals surface area contributed by atoms with Crippen molar-refractivity contribution in [2.75, 3.05) is 26.1 Å². The van der Waals surface area contributed by atoms with Gasteiger partial charge >= 0.3 is 5.97 Å². The van der Waals surface area contributed by atoms with Gasteiger partial charge in [0.1, 0.15) is 12.1 Å². The van der Waals surface area contributed by atoms with E-state index in [0.717, 1.165) is 52.8 Å². The minimum atomic E-state index is -0.897. The standard InChI is InChI=1S/C43H49N5O5/c1-28(44-2)40(49)46-38(24-29-18-22-35(23-19-29)47(3)26-30-16-20-32(21-17-30)43(52)53-4)42(51)48-27-34-12-6-5-11-33(34)25-39(48)41(50)45-37-15-9-13-31-10-7-8-14-36(31)37/h5-8,10-12,14,16-23,28,37-39,44H,9,13,15,24-27H2,1-4H3,(H,45,50)(H,46,49)/t28-,37+,38-,39-/m0/s1. The highest BCUT2D eigenvalue weighted by molar-refractivity contribution is 5.94. The van der Waals surface area contributed by atoms with E-state index in [1.165, 1.54) is 12.7 Å². The van der Waals surface area contributed by atoms with Crippen molar-refractivity contribution in [3.8, 4) is 0 Å². The molecule has 10 nitrogen and oxygen atoms in total. The van der Waals surface area contributed by atoms with Crippen molar-refractivity contribution in [3.63, 3.8) is 0 Å². The lowest BCUT2D eigenvalue weighted by atomic mass is 9.87. The monoisotopic (exact) mass is 715 g/mol. The van der Waals surface area contributed by atoms with Crippen LogP contribution in [0.25, 0.3) is 0 Å². The number of rotatable bonds is 12. The number of carbonyl (C=O) groups excluding carboxylic acids is 4. The molecule has 2 aliphatic rings. The van der Waals surface area contributed by atoms with Gasteiger partial charge in [-0.15, -0.1) is 0 Å². The van der Waals surface area contributed by atoms with Crippen molar-refractivity contribution >= 4 is 29.4 Å². The topological polar surface area (TPSA) is 120 Å². The number of aryl methyl sites for hydroxylation is 1. The number of likely N-dealkylation sites (N-methyl/N-ethyl adjacent to an activating group) is 1. The third-order valence-electron chi connectivity index (χ3n) is 10.6. The number of hydrogen-bond donors (Lipinski definition) is 3. The molecule has 276 valence electrons. The zero-order valence-corrected chi connectivity index (χ0v) is 30.9. The summed E-state index contributed by atoms with van der Waals surface area (Å²) in [5.74, 6) is -1.14. The number of benzene rings is 4. The summed E-state index contributed by atoms with van der Waals surface area (Å²) in [7, 11) is 5.05. The van der Waals surface area contributed by atoms with Crippen molar-refractivity contribution < 1.29 is 23.9 Å². The van der Waals surface area contributed by atoms with Crippen LogP contribution in [0.15, 0.2) is 97.1 Å². The van der Waals surface area contributed by atoms with Crippen LogP contribution in [-0.2, 0) is 51.5 Å². The first-order valence-electron chi connectivity index (χ1n) is 18.4. The summed E-state index contributed by atoms with van der Waals surface area (Å²) in [4.78, 5) is 57.8. The van der Waals surface area contributed by atoms with Gasteiger partial charge in [-0.3, -0.25) is 14.4 Å². The van der Waals surface area contributed by atoms with Gasteiger partial charge in [-0.05, 0) is 90.9 Å². The van der Waals surface area contributed by atoms with E-state index in [1.54, 1.807) is 31.0 Å². The van der Waals surface area contributed by atoms with Crippen LogP contribution in [0.3, 0.4) is 0 Å². The molecule has 4 aromatic rings. The molecule has 0 fully saturated rings. The average molecular weight is 716 g/mol. The maximum atomic E-state index is 14.7. The number of fused-ring (bicyclic) bond motifs is 2. The van der Waals surface area contributed by atoms with Gasteiger partial charge in [0.15, 0.2) is 0 Å². The largest absolute Gasteiger partial charge is 0.465 e. The van der Waals surface area contributed by atoms with E-state index in [-0.39, 0.29) is 42.7 Å². The second kappa shape index (κ2) is 16.9. The van der Waals surface area contributed by atoms with Crippen LogP contribution in [0.1, 0.15) is 69.5 Å². The highest BCUT2D eigenvalue weighted by Crippen LogP contribution is 2.31. The van der Waals surface area contributed by atoms with E-state index in [0.29, 0.717) is 18.5 Å². The van der Waals surface area contributed by atoms with Gasteiger partial charge in [-0.1, -0.05) is 72.8 Å². The summed E-state index contributed by atoms with van der Waals surface area (Å²) >= 11 is 0. The van der Waals surface area contributed by atoms with Crippen LogP contribution in [0.5, 0.6) is 0 Å². The Morgan fingerprint density at radius 1 is 0.868 bits per heavy atom. The number of amides is 3. The molecular formula is C43H49N5O5. The van der Waals surface area contributed by atoms with Crippen LogP contribution < -0.4 is 20.9 Å². The highest BCUT2D eigenvalue weighted by Gasteiger charge is 2.39. The van der Waals surface area contributed by atoms with E-state index in [4.69, 9.17) is 4.74 Å². The minimum Gasteiger partial charge on any atom is -0.465 e. The number of nitrogens with zero attached hydrogens (tertiary/aromatic N) is 2. The molecule has 3 N–H and O–H groups in total. The van der Waals surface area contributed by atoms with Crippen molar-refractivity contribution in [2.45, 2.75) is 76.3 Å². The molecule has 0 saturated heterocycles. The van der Waals surface area contributed by atoms with Gasteiger partial charge in [-0.2, -0.15) is 0 Å².